The first-order valence-electron chi connectivity index (χ1n) is 10.1. The molecule has 1 aliphatic carbocycles. The number of rotatable bonds is 8. The van der Waals surface area contributed by atoms with E-state index >= 15 is 0 Å². The van der Waals surface area contributed by atoms with Crippen LogP contribution in [0.5, 0.6) is 0 Å². The molecule has 1 aliphatic rings. The number of nitrogens with zero attached hydrogens (tertiary/aromatic N) is 2. The third-order valence-electron chi connectivity index (χ3n) is 4.97. The van der Waals surface area contributed by atoms with Crippen LogP contribution in [-0.4, -0.2) is 9.55 Å². The van der Waals surface area contributed by atoms with E-state index in [9.17, 15) is 0 Å². The van der Waals surface area contributed by atoms with Gasteiger partial charge in [-0.25, -0.2) is 4.98 Å². The Balaban J connectivity index is 1.77. The molecule has 3 nitrogen and oxygen atoms in total. The number of aromatic nitrogens is 2. The molecule has 0 unspecified atom stereocenters. The van der Waals surface area contributed by atoms with Gasteiger partial charge in [0.05, 0.1) is 0 Å². The van der Waals surface area contributed by atoms with Gasteiger partial charge in [0.2, 0.25) is 0 Å². The molecule has 2 aromatic rings. The molecule has 0 saturated carbocycles. The number of hydrogen-bond acceptors (Lipinski definition) is 2. The van der Waals surface area contributed by atoms with Gasteiger partial charge in [0.1, 0.15) is 18.2 Å². The van der Waals surface area contributed by atoms with Crippen LogP contribution in [0, 0.1) is 6.92 Å². The highest BCUT2D eigenvalue weighted by Gasteiger charge is 2.14. The molecule has 1 aromatic heterocycles. The minimum atomic E-state index is 0.472. The molecule has 3 rings (SSSR count). The van der Waals surface area contributed by atoms with Gasteiger partial charge in [-0.1, -0.05) is 56.2 Å². The number of benzene rings is 1. The van der Waals surface area contributed by atoms with E-state index in [1.807, 2.05) is 24.5 Å². The predicted octanol–water partition coefficient (Wildman–Crippen LogP) is 6.76. The van der Waals surface area contributed by atoms with Crippen LogP contribution in [-0.2, 0) is 17.9 Å². The number of allylic oxidation sites excluding steroid dienone is 5. The highest BCUT2D eigenvalue weighted by molar-refractivity contribution is 6.30. The second kappa shape index (κ2) is 9.79. The van der Waals surface area contributed by atoms with Gasteiger partial charge in [-0.05, 0) is 54.2 Å². The van der Waals surface area contributed by atoms with Gasteiger partial charge >= 0.3 is 0 Å². The summed E-state index contributed by atoms with van der Waals surface area (Å²) in [7, 11) is 0. The van der Waals surface area contributed by atoms with Crippen LogP contribution in [0.4, 0.5) is 0 Å². The van der Waals surface area contributed by atoms with Crippen LogP contribution >= 0.6 is 11.6 Å². The lowest BCUT2D eigenvalue weighted by molar-refractivity contribution is 0.180. The standard InChI is InChI=1S/C24H29ClN2O/c1-4-8-22-20(5-2)9-6-7-10-23(22)28-17-24-26-11-12-27(24)16-19-13-18(3)14-21(25)15-19/h6-7,9,11-15H,4-5,8,10,16-17H2,1-3H3. The highest BCUT2D eigenvalue weighted by Crippen LogP contribution is 2.29. The second-order valence-electron chi connectivity index (χ2n) is 7.23. The minimum absolute atomic E-state index is 0.472. The Hall–Kier alpha value is -2.26. The first-order valence-corrected chi connectivity index (χ1v) is 10.5. The van der Waals surface area contributed by atoms with Crippen molar-refractivity contribution in [1.82, 2.24) is 9.55 Å². The van der Waals surface area contributed by atoms with Crippen molar-refractivity contribution in [3.05, 3.63) is 87.7 Å². The van der Waals surface area contributed by atoms with E-state index < -0.39 is 0 Å². The molecule has 1 aromatic carbocycles. The maximum atomic E-state index is 6.31. The third kappa shape index (κ3) is 5.17. The quantitative estimate of drug-likeness (QED) is 0.492. The van der Waals surface area contributed by atoms with Crippen molar-refractivity contribution in [2.24, 2.45) is 0 Å². The number of aryl methyl sites for hydroxylation is 1. The third-order valence-corrected chi connectivity index (χ3v) is 5.19. The summed E-state index contributed by atoms with van der Waals surface area (Å²) in [5.41, 5.74) is 5.07. The molecule has 0 saturated heterocycles. The first-order chi connectivity index (χ1) is 13.6. The number of imidazole rings is 1. The van der Waals surface area contributed by atoms with Gasteiger partial charge in [0.25, 0.3) is 0 Å². The molecule has 0 N–H and O–H groups in total. The zero-order chi connectivity index (χ0) is 19.9. The minimum Gasteiger partial charge on any atom is -0.489 e. The zero-order valence-corrected chi connectivity index (χ0v) is 17.8. The Kier molecular flexibility index (Phi) is 7.16. The average molecular weight is 397 g/mol. The van der Waals surface area contributed by atoms with Crippen molar-refractivity contribution in [3.63, 3.8) is 0 Å². The number of halogens is 1. The predicted molar refractivity (Wildman–Crippen MR) is 116 cm³/mol. The fourth-order valence-electron chi connectivity index (χ4n) is 3.67. The van der Waals surface area contributed by atoms with Gasteiger partial charge in [-0.2, -0.15) is 0 Å². The smallest absolute Gasteiger partial charge is 0.147 e. The average Bonchev–Trinajstić information content (AvgIpc) is 2.99. The first kappa shape index (κ1) is 20.5. The van der Waals surface area contributed by atoms with Crippen molar-refractivity contribution in [2.75, 3.05) is 0 Å². The molecule has 0 spiro atoms. The lowest BCUT2D eigenvalue weighted by Gasteiger charge is -2.17. The molecular weight excluding hydrogens is 368 g/mol. The summed E-state index contributed by atoms with van der Waals surface area (Å²) in [5, 5.41) is 0.770. The molecule has 0 amide bonds. The lowest BCUT2D eigenvalue weighted by Crippen LogP contribution is -2.08. The number of ether oxygens (including phenoxy) is 1. The van der Waals surface area contributed by atoms with E-state index in [2.05, 4.69) is 54.6 Å². The Labute approximate surface area is 173 Å². The Morgan fingerprint density at radius 1 is 1.21 bits per heavy atom. The van der Waals surface area contributed by atoms with Gasteiger partial charge in [-0.3, -0.25) is 0 Å². The molecule has 0 radical (unpaired) electrons. The summed E-state index contributed by atoms with van der Waals surface area (Å²) in [6.45, 7) is 7.70. The molecule has 0 atom stereocenters. The molecule has 4 heteroatoms. The Bertz CT molecular complexity index is 885. The van der Waals surface area contributed by atoms with Crippen molar-refractivity contribution >= 4 is 11.6 Å². The van der Waals surface area contributed by atoms with Gasteiger partial charge < -0.3 is 9.30 Å². The van der Waals surface area contributed by atoms with E-state index in [1.54, 1.807) is 0 Å². The topological polar surface area (TPSA) is 27.1 Å². The summed E-state index contributed by atoms with van der Waals surface area (Å²) < 4.78 is 8.44. The Morgan fingerprint density at radius 3 is 2.82 bits per heavy atom. The van der Waals surface area contributed by atoms with Crippen molar-refractivity contribution < 1.29 is 4.74 Å². The highest BCUT2D eigenvalue weighted by atomic mass is 35.5. The number of hydrogen-bond donors (Lipinski definition) is 0. The Morgan fingerprint density at radius 2 is 2.07 bits per heavy atom. The fourth-order valence-corrected chi connectivity index (χ4v) is 3.98. The van der Waals surface area contributed by atoms with E-state index in [1.165, 1.54) is 22.3 Å². The summed E-state index contributed by atoms with van der Waals surface area (Å²) in [6, 6.07) is 6.14. The van der Waals surface area contributed by atoms with Crippen LogP contribution in [0.25, 0.3) is 0 Å². The molecule has 0 aliphatic heterocycles. The zero-order valence-electron chi connectivity index (χ0n) is 17.0. The van der Waals surface area contributed by atoms with Crippen LogP contribution in [0.1, 0.15) is 56.5 Å². The van der Waals surface area contributed by atoms with E-state index in [0.717, 1.165) is 48.8 Å². The summed E-state index contributed by atoms with van der Waals surface area (Å²) >= 11 is 6.21. The van der Waals surface area contributed by atoms with Gasteiger partial charge in [-0.15, -0.1) is 0 Å². The van der Waals surface area contributed by atoms with Gasteiger partial charge in [0, 0.05) is 30.4 Å². The summed E-state index contributed by atoms with van der Waals surface area (Å²) in [4.78, 5) is 4.53. The molecule has 0 bridgehead atoms. The summed E-state index contributed by atoms with van der Waals surface area (Å²) in [6.07, 6.45) is 14.4. The van der Waals surface area contributed by atoms with E-state index in [-0.39, 0.29) is 0 Å². The van der Waals surface area contributed by atoms with Crippen molar-refractivity contribution in [1.29, 1.82) is 0 Å². The van der Waals surface area contributed by atoms with E-state index in [0.29, 0.717) is 6.61 Å². The fraction of sp³-hybridized carbons (Fsp3) is 0.375. The normalized spacial score (nSPS) is 14.2. The van der Waals surface area contributed by atoms with Crippen molar-refractivity contribution in [2.45, 2.75) is 59.6 Å². The maximum absolute atomic E-state index is 6.31. The molecule has 148 valence electrons. The molecule has 28 heavy (non-hydrogen) atoms. The summed E-state index contributed by atoms with van der Waals surface area (Å²) in [5.74, 6) is 2.01. The van der Waals surface area contributed by atoms with Crippen LogP contribution < -0.4 is 0 Å². The maximum Gasteiger partial charge on any atom is 0.147 e. The van der Waals surface area contributed by atoms with Gasteiger partial charge in [0.15, 0.2) is 0 Å². The van der Waals surface area contributed by atoms with Crippen LogP contribution in [0.2, 0.25) is 5.02 Å². The second-order valence-corrected chi connectivity index (χ2v) is 7.66. The molecule has 0 fully saturated rings. The van der Waals surface area contributed by atoms with Crippen LogP contribution in [0.3, 0.4) is 0 Å². The van der Waals surface area contributed by atoms with E-state index in [4.69, 9.17) is 16.3 Å². The lowest BCUT2D eigenvalue weighted by atomic mass is 9.98. The largest absolute Gasteiger partial charge is 0.489 e. The molecule has 1 heterocycles. The van der Waals surface area contributed by atoms with Crippen molar-refractivity contribution in [3.8, 4) is 0 Å². The van der Waals surface area contributed by atoms with Crippen LogP contribution in [0.15, 0.2) is 65.7 Å². The molecular formula is C24H29ClN2O. The SMILES string of the molecule is CCCC1=C(OCc2nccn2Cc2cc(C)cc(Cl)c2)CC=CC=C1CC. The monoisotopic (exact) mass is 396 g/mol.